The number of halogens is 1. The number of thioether (sulfide) groups is 1. The summed E-state index contributed by atoms with van der Waals surface area (Å²) in [6, 6.07) is 6.08. The lowest BCUT2D eigenvalue weighted by Crippen LogP contribution is -2.16. The Bertz CT molecular complexity index is 1100. The van der Waals surface area contributed by atoms with E-state index in [2.05, 4.69) is 15.5 Å². The van der Waals surface area contributed by atoms with Crippen molar-refractivity contribution >= 4 is 40.0 Å². The highest BCUT2D eigenvalue weighted by molar-refractivity contribution is 7.99. The lowest BCUT2D eigenvalue weighted by Gasteiger charge is -2.11. The van der Waals surface area contributed by atoms with Gasteiger partial charge in [-0.3, -0.25) is 4.79 Å². The fourth-order valence-electron chi connectivity index (χ4n) is 3.27. The molecule has 2 aromatic heterocycles. The molecule has 3 aromatic rings. The Kier molecular flexibility index (Phi) is 6.14. The minimum atomic E-state index is -0.465. The van der Waals surface area contributed by atoms with E-state index in [1.165, 1.54) is 30.6 Å². The third-order valence-electron chi connectivity index (χ3n) is 4.65. The summed E-state index contributed by atoms with van der Waals surface area (Å²) < 4.78 is 24.2. The van der Waals surface area contributed by atoms with Crippen LogP contribution in [-0.2, 0) is 22.4 Å². The molecule has 1 aliphatic carbocycles. The molecular weight excluding hydrogens is 429 g/mol. The molecule has 0 aliphatic heterocycles. The number of carbonyl (C=O) groups excluding carboxylic acids is 2. The van der Waals surface area contributed by atoms with Crippen molar-refractivity contribution in [3.05, 3.63) is 46.1 Å². The van der Waals surface area contributed by atoms with Gasteiger partial charge in [-0.1, -0.05) is 23.9 Å². The molecule has 2 heterocycles. The molecule has 0 radical (unpaired) electrons. The average Bonchev–Trinajstić information content (AvgIpc) is 3.36. The number of rotatable bonds is 6. The zero-order valence-corrected chi connectivity index (χ0v) is 17.7. The molecule has 10 heteroatoms. The Morgan fingerprint density at radius 1 is 1.27 bits per heavy atom. The fraction of sp³-hybridized carbons (Fsp3) is 0.300. The van der Waals surface area contributed by atoms with Crippen LogP contribution in [0, 0.1) is 5.82 Å². The van der Waals surface area contributed by atoms with Crippen LogP contribution in [0.1, 0.15) is 33.6 Å². The maximum absolute atomic E-state index is 13.8. The van der Waals surface area contributed by atoms with Gasteiger partial charge in [-0.05, 0) is 43.4 Å². The van der Waals surface area contributed by atoms with Crippen molar-refractivity contribution in [3.63, 3.8) is 0 Å². The number of hydrogen-bond acceptors (Lipinski definition) is 8. The molecule has 1 amide bonds. The van der Waals surface area contributed by atoms with E-state index in [0.29, 0.717) is 10.6 Å². The number of ether oxygens (including phenoxy) is 1. The van der Waals surface area contributed by atoms with E-state index < -0.39 is 11.8 Å². The quantitative estimate of drug-likeness (QED) is 0.444. The number of benzene rings is 1. The first-order valence-corrected chi connectivity index (χ1v) is 11.1. The van der Waals surface area contributed by atoms with E-state index in [1.54, 1.807) is 12.1 Å². The lowest BCUT2D eigenvalue weighted by molar-refractivity contribution is -0.113. The second-order valence-electron chi connectivity index (χ2n) is 6.60. The molecule has 0 atom stereocenters. The molecule has 1 N–H and O–H groups in total. The lowest BCUT2D eigenvalue weighted by atomic mass is 9.95. The van der Waals surface area contributed by atoms with E-state index in [-0.39, 0.29) is 28.3 Å². The summed E-state index contributed by atoms with van der Waals surface area (Å²) in [6.45, 7) is 0. The minimum absolute atomic E-state index is 0.00207. The number of methoxy groups -OCH3 is 1. The number of nitrogens with zero attached hydrogens (tertiary/aromatic N) is 2. The molecular formula is C20H18FN3O4S2. The Hall–Kier alpha value is -2.72. The van der Waals surface area contributed by atoms with Crippen LogP contribution in [0.5, 0.6) is 0 Å². The highest BCUT2D eigenvalue weighted by atomic mass is 32.2. The van der Waals surface area contributed by atoms with Crippen LogP contribution in [0.15, 0.2) is 33.9 Å². The number of aromatic nitrogens is 2. The first-order valence-electron chi connectivity index (χ1n) is 9.30. The van der Waals surface area contributed by atoms with Crippen LogP contribution >= 0.6 is 23.1 Å². The maximum atomic E-state index is 13.8. The smallest absolute Gasteiger partial charge is 0.341 e. The van der Waals surface area contributed by atoms with Crippen LogP contribution < -0.4 is 5.32 Å². The fourth-order valence-corrected chi connectivity index (χ4v) is 5.13. The molecule has 7 nitrogen and oxygen atoms in total. The molecule has 1 aromatic carbocycles. The van der Waals surface area contributed by atoms with Crippen molar-refractivity contribution in [1.82, 2.24) is 10.2 Å². The Labute approximate surface area is 180 Å². The third kappa shape index (κ3) is 4.24. The van der Waals surface area contributed by atoms with Gasteiger partial charge in [-0.15, -0.1) is 21.5 Å². The minimum Gasteiger partial charge on any atom is -0.465 e. The number of thiophene rings is 1. The van der Waals surface area contributed by atoms with Crippen LogP contribution in [0.4, 0.5) is 9.39 Å². The van der Waals surface area contributed by atoms with E-state index in [9.17, 15) is 14.0 Å². The van der Waals surface area contributed by atoms with E-state index in [4.69, 9.17) is 9.15 Å². The number of hydrogen-bond donors (Lipinski definition) is 1. The van der Waals surface area contributed by atoms with Crippen LogP contribution in [0.2, 0.25) is 0 Å². The largest absolute Gasteiger partial charge is 0.465 e. The standard InChI is InChI=1S/C20H18FN3O4S2/c1-27-19(26)16-12-7-3-5-9-14(12)30-18(16)22-15(25)10-29-20-24-23-17(28-20)11-6-2-4-8-13(11)21/h2,4,6,8H,3,5,7,9-10H2,1H3,(H,22,25). The van der Waals surface area contributed by atoms with Crippen molar-refractivity contribution in [1.29, 1.82) is 0 Å². The van der Waals surface area contributed by atoms with Crippen molar-refractivity contribution in [2.45, 2.75) is 30.9 Å². The van der Waals surface area contributed by atoms with Crippen molar-refractivity contribution in [2.75, 3.05) is 18.2 Å². The van der Waals surface area contributed by atoms with Crippen molar-refractivity contribution in [2.24, 2.45) is 0 Å². The Morgan fingerprint density at radius 2 is 2.07 bits per heavy atom. The Morgan fingerprint density at radius 3 is 2.87 bits per heavy atom. The summed E-state index contributed by atoms with van der Waals surface area (Å²) in [6.07, 6.45) is 3.79. The number of esters is 1. The normalized spacial score (nSPS) is 13.0. The second-order valence-corrected chi connectivity index (χ2v) is 8.63. The number of aryl methyl sites for hydroxylation is 1. The van der Waals surface area contributed by atoms with Crippen molar-refractivity contribution in [3.8, 4) is 11.5 Å². The zero-order valence-electron chi connectivity index (χ0n) is 16.1. The molecule has 0 bridgehead atoms. The summed E-state index contributed by atoms with van der Waals surface area (Å²) in [5, 5.41) is 11.2. The summed E-state index contributed by atoms with van der Waals surface area (Å²) in [7, 11) is 1.33. The molecule has 0 saturated heterocycles. The van der Waals surface area contributed by atoms with Gasteiger partial charge in [0.25, 0.3) is 11.1 Å². The number of carbonyl (C=O) groups is 2. The molecule has 30 heavy (non-hydrogen) atoms. The highest BCUT2D eigenvalue weighted by Crippen LogP contribution is 2.38. The van der Waals surface area contributed by atoms with Gasteiger partial charge < -0.3 is 14.5 Å². The van der Waals surface area contributed by atoms with Gasteiger partial charge in [0.1, 0.15) is 10.8 Å². The highest BCUT2D eigenvalue weighted by Gasteiger charge is 2.27. The first kappa shape index (κ1) is 20.5. The second kappa shape index (κ2) is 8.97. The predicted octanol–water partition coefficient (Wildman–Crippen LogP) is 4.33. The average molecular weight is 448 g/mol. The summed E-state index contributed by atoms with van der Waals surface area (Å²) in [5.41, 5.74) is 1.64. The van der Waals surface area contributed by atoms with Gasteiger partial charge in [0, 0.05) is 4.88 Å². The first-order chi connectivity index (χ1) is 14.6. The number of amides is 1. The third-order valence-corrected chi connectivity index (χ3v) is 6.68. The summed E-state index contributed by atoms with van der Waals surface area (Å²) in [4.78, 5) is 25.8. The number of nitrogens with one attached hydrogen (secondary N) is 1. The van der Waals surface area contributed by atoms with Gasteiger partial charge in [0.05, 0.1) is 24.0 Å². The van der Waals surface area contributed by atoms with Gasteiger partial charge in [0.15, 0.2) is 0 Å². The topological polar surface area (TPSA) is 94.3 Å². The van der Waals surface area contributed by atoms with Crippen molar-refractivity contribution < 1.29 is 23.1 Å². The van der Waals surface area contributed by atoms with Gasteiger partial charge >= 0.3 is 5.97 Å². The van der Waals surface area contributed by atoms with E-state index in [0.717, 1.165) is 47.9 Å². The SMILES string of the molecule is COC(=O)c1c(NC(=O)CSc2nnc(-c3ccccc3F)o2)sc2c1CCCC2. The monoisotopic (exact) mass is 447 g/mol. The Balaban J connectivity index is 1.43. The molecule has 156 valence electrons. The number of fused-ring (bicyclic) bond motifs is 1. The zero-order chi connectivity index (χ0) is 21.1. The van der Waals surface area contributed by atoms with Gasteiger partial charge in [-0.2, -0.15) is 0 Å². The molecule has 0 saturated carbocycles. The van der Waals surface area contributed by atoms with Crippen LogP contribution in [0.25, 0.3) is 11.5 Å². The molecule has 1 aliphatic rings. The predicted molar refractivity (Wildman–Crippen MR) is 111 cm³/mol. The summed E-state index contributed by atoms with van der Waals surface area (Å²) in [5.74, 6) is -1.16. The van der Waals surface area contributed by atoms with Gasteiger partial charge in [-0.25, -0.2) is 9.18 Å². The van der Waals surface area contributed by atoms with E-state index >= 15 is 0 Å². The van der Waals surface area contributed by atoms with Crippen LogP contribution in [0.3, 0.4) is 0 Å². The van der Waals surface area contributed by atoms with E-state index in [1.807, 2.05) is 0 Å². The van der Waals surface area contributed by atoms with Gasteiger partial charge in [0.2, 0.25) is 5.91 Å². The molecule has 0 spiro atoms. The summed E-state index contributed by atoms with van der Waals surface area (Å²) >= 11 is 2.46. The molecule has 0 unspecified atom stereocenters. The number of anilines is 1. The maximum Gasteiger partial charge on any atom is 0.341 e. The molecule has 4 rings (SSSR count). The van der Waals surface area contributed by atoms with Crippen LogP contribution in [-0.4, -0.2) is 34.9 Å². The molecule has 0 fully saturated rings.